The number of aliphatic carboxylic acids is 1. The smallest absolute Gasteiger partial charge is 0.317 e. The summed E-state index contributed by atoms with van der Waals surface area (Å²) in [6.45, 7) is 6.04. The highest BCUT2D eigenvalue weighted by Gasteiger charge is 2.09. The summed E-state index contributed by atoms with van der Waals surface area (Å²) < 4.78 is 0. The third-order valence-corrected chi connectivity index (χ3v) is 2.85. The Morgan fingerprint density at radius 3 is 2.33 bits per heavy atom. The van der Waals surface area contributed by atoms with Crippen LogP contribution in [0, 0.1) is 0 Å². The van der Waals surface area contributed by atoms with Crippen molar-refractivity contribution in [1.82, 2.24) is 15.1 Å². The topological polar surface area (TPSA) is 72.9 Å². The summed E-state index contributed by atoms with van der Waals surface area (Å²) in [6, 6.07) is 0.299. The van der Waals surface area contributed by atoms with E-state index in [1.54, 1.807) is 7.05 Å². The Morgan fingerprint density at radius 2 is 1.83 bits per heavy atom. The molecule has 18 heavy (non-hydrogen) atoms. The Morgan fingerprint density at radius 1 is 1.22 bits per heavy atom. The predicted molar refractivity (Wildman–Crippen MR) is 70.7 cm³/mol. The van der Waals surface area contributed by atoms with E-state index in [1.165, 1.54) is 4.90 Å². The SMILES string of the molecule is CC(C)N(C)CCNC(=O)N(C)CCCC(=O)O. The molecule has 0 radical (unpaired) electrons. The van der Waals surface area contributed by atoms with Crippen molar-refractivity contribution in [3.8, 4) is 0 Å². The molecular formula is C12H25N3O3. The van der Waals surface area contributed by atoms with Crippen LogP contribution in [0.1, 0.15) is 26.7 Å². The lowest BCUT2D eigenvalue weighted by atomic mass is 10.3. The Bertz CT molecular complexity index is 269. The molecule has 0 fully saturated rings. The first-order valence-electron chi connectivity index (χ1n) is 6.25. The van der Waals surface area contributed by atoms with Crippen LogP contribution in [0.5, 0.6) is 0 Å². The number of rotatable bonds is 8. The van der Waals surface area contributed by atoms with E-state index in [-0.39, 0.29) is 12.5 Å². The molecule has 0 aliphatic rings. The van der Waals surface area contributed by atoms with E-state index >= 15 is 0 Å². The third kappa shape index (κ3) is 7.89. The van der Waals surface area contributed by atoms with E-state index in [2.05, 4.69) is 24.1 Å². The first-order valence-corrected chi connectivity index (χ1v) is 6.25. The molecule has 0 spiro atoms. The van der Waals surface area contributed by atoms with E-state index in [4.69, 9.17) is 5.11 Å². The molecule has 0 aromatic heterocycles. The van der Waals surface area contributed by atoms with Crippen molar-refractivity contribution in [2.75, 3.05) is 33.7 Å². The Kier molecular flexibility index (Phi) is 8.11. The molecule has 0 aromatic carbocycles. The van der Waals surface area contributed by atoms with Crippen molar-refractivity contribution < 1.29 is 14.7 Å². The third-order valence-electron chi connectivity index (χ3n) is 2.85. The highest BCUT2D eigenvalue weighted by Crippen LogP contribution is 1.94. The number of nitrogens with zero attached hydrogens (tertiary/aromatic N) is 2. The summed E-state index contributed by atoms with van der Waals surface area (Å²) in [5, 5.41) is 11.3. The van der Waals surface area contributed by atoms with Crippen LogP contribution in [-0.2, 0) is 4.79 Å². The molecule has 6 heteroatoms. The van der Waals surface area contributed by atoms with Gasteiger partial charge in [0.2, 0.25) is 0 Å². The first-order chi connectivity index (χ1) is 8.34. The zero-order valence-corrected chi connectivity index (χ0v) is 11.8. The highest BCUT2D eigenvalue weighted by atomic mass is 16.4. The zero-order chi connectivity index (χ0) is 14.1. The molecule has 2 amide bonds. The molecule has 0 aliphatic heterocycles. The predicted octanol–water partition coefficient (Wildman–Crippen LogP) is 0.833. The molecule has 0 rings (SSSR count). The number of carbonyl (C=O) groups is 2. The normalized spacial score (nSPS) is 10.8. The van der Waals surface area contributed by atoms with Gasteiger partial charge in [-0.2, -0.15) is 0 Å². The largest absolute Gasteiger partial charge is 0.481 e. The molecule has 0 atom stereocenters. The van der Waals surface area contributed by atoms with Crippen LogP contribution in [0.4, 0.5) is 4.79 Å². The summed E-state index contributed by atoms with van der Waals surface area (Å²) in [5.74, 6) is -0.831. The maximum atomic E-state index is 11.6. The fourth-order valence-electron chi connectivity index (χ4n) is 1.30. The van der Waals surface area contributed by atoms with Crippen LogP contribution in [0.2, 0.25) is 0 Å². The second-order valence-corrected chi connectivity index (χ2v) is 4.73. The fraction of sp³-hybridized carbons (Fsp3) is 0.833. The lowest BCUT2D eigenvalue weighted by Crippen LogP contribution is -2.42. The standard InChI is InChI=1S/C12H25N3O3/c1-10(2)14(3)9-7-13-12(18)15(4)8-5-6-11(16)17/h10H,5-9H2,1-4H3,(H,13,18)(H,16,17). The van der Waals surface area contributed by atoms with Gasteiger partial charge in [-0.15, -0.1) is 0 Å². The van der Waals surface area contributed by atoms with Gasteiger partial charge >= 0.3 is 12.0 Å². The molecule has 2 N–H and O–H groups in total. The van der Waals surface area contributed by atoms with Crippen molar-refractivity contribution in [3.63, 3.8) is 0 Å². The summed E-state index contributed by atoms with van der Waals surface area (Å²) >= 11 is 0. The molecular weight excluding hydrogens is 234 g/mol. The average Bonchev–Trinajstić information content (AvgIpc) is 2.27. The minimum atomic E-state index is -0.831. The number of amides is 2. The molecule has 0 bridgehead atoms. The average molecular weight is 259 g/mol. The van der Waals surface area contributed by atoms with Crippen LogP contribution in [0.3, 0.4) is 0 Å². The minimum absolute atomic E-state index is 0.0910. The molecule has 6 nitrogen and oxygen atoms in total. The summed E-state index contributed by atoms with van der Waals surface area (Å²) in [6.07, 6.45) is 0.568. The number of nitrogens with one attached hydrogen (secondary N) is 1. The van der Waals surface area contributed by atoms with Crippen LogP contribution in [0.25, 0.3) is 0 Å². The minimum Gasteiger partial charge on any atom is -0.481 e. The maximum Gasteiger partial charge on any atom is 0.317 e. The van der Waals surface area contributed by atoms with Gasteiger partial charge in [0.05, 0.1) is 0 Å². The van der Waals surface area contributed by atoms with Crippen molar-refractivity contribution in [2.45, 2.75) is 32.7 Å². The molecule has 0 saturated heterocycles. The molecule has 0 unspecified atom stereocenters. The van der Waals surface area contributed by atoms with Gasteiger partial charge in [-0.05, 0) is 27.3 Å². The maximum absolute atomic E-state index is 11.6. The van der Waals surface area contributed by atoms with Crippen molar-refractivity contribution in [2.24, 2.45) is 0 Å². The number of hydrogen-bond acceptors (Lipinski definition) is 3. The molecule has 0 saturated carbocycles. The fourth-order valence-corrected chi connectivity index (χ4v) is 1.30. The van der Waals surface area contributed by atoms with Gasteiger partial charge in [0.15, 0.2) is 0 Å². The molecule has 0 aliphatic carbocycles. The van der Waals surface area contributed by atoms with E-state index in [0.717, 1.165) is 6.54 Å². The monoisotopic (exact) mass is 259 g/mol. The Labute approximate surface area is 109 Å². The van der Waals surface area contributed by atoms with Crippen LogP contribution in [0.15, 0.2) is 0 Å². The van der Waals surface area contributed by atoms with Gasteiger partial charge in [0.1, 0.15) is 0 Å². The lowest BCUT2D eigenvalue weighted by molar-refractivity contribution is -0.137. The van der Waals surface area contributed by atoms with Gasteiger partial charge in [0, 0.05) is 39.1 Å². The second-order valence-electron chi connectivity index (χ2n) is 4.73. The number of carbonyl (C=O) groups excluding carboxylic acids is 1. The van der Waals surface area contributed by atoms with Gasteiger partial charge in [-0.25, -0.2) is 4.79 Å². The highest BCUT2D eigenvalue weighted by molar-refractivity contribution is 5.73. The van der Waals surface area contributed by atoms with E-state index in [1.807, 2.05) is 7.05 Å². The van der Waals surface area contributed by atoms with Gasteiger partial charge in [0.25, 0.3) is 0 Å². The van der Waals surface area contributed by atoms with Crippen molar-refractivity contribution >= 4 is 12.0 Å². The molecule has 106 valence electrons. The van der Waals surface area contributed by atoms with Gasteiger partial charge in [-0.1, -0.05) is 0 Å². The quantitative estimate of drug-likeness (QED) is 0.677. The van der Waals surface area contributed by atoms with E-state index < -0.39 is 5.97 Å². The van der Waals surface area contributed by atoms with Crippen LogP contribution in [-0.4, -0.2) is 66.7 Å². The zero-order valence-electron chi connectivity index (χ0n) is 11.8. The second kappa shape index (κ2) is 8.74. The lowest BCUT2D eigenvalue weighted by Gasteiger charge is -2.22. The first kappa shape index (κ1) is 16.7. The number of carboxylic acids is 1. The van der Waals surface area contributed by atoms with Crippen LogP contribution < -0.4 is 5.32 Å². The summed E-state index contributed by atoms with van der Waals surface area (Å²) in [4.78, 5) is 25.6. The Hall–Kier alpha value is -1.30. The Balaban J connectivity index is 3.71. The van der Waals surface area contributed by atoms with E-state index in [0.29, 0.717) is 25.6 Å². The number of hydrogen-bond donors (Lipinski definition) is 2. The number of likely N-dealkylation sites (N-methyl/N-ethyl adjacent to an activating group) is 1. The number of urea groups is 1. The van der Waals surface area contributed by atoms with Gasteiger partial charge < -0.3 is 20.2 Å². The summed E-state index contributed by atoms with van der Waals surface area (Å²) in [7, 11) is 3.68. The molecule has 0 heterocycles. The summed E-state index contributed by atoms with van der Waals surface area (Å²) in [5.41, 5.74) is 0. The molecule has 0 aromatic rings. The van der Waals surface area contributed by atoms with Gasteiger partial charge in [-0.3, -0.25) is 4.79 Å². The number of carboxylic acid groups (broad SMARTS) is 1. The van der Waals surface area contributed by atoms with Crippen LogP contribution >= 0.6 is 0 Å². The van der Waals surface area contributed by atoms with Crippen molar-refractivity contribution in [3.05, 3.63) is 0 Å². The van der Waals surface area contributed by atoms with Crippen molar-refractivity contribution in [1.29, 1.82) is 0 Å². The van der Waals surface area contributed by atoms with E-state index in [9.17, 15) is 9.59 Å².